The lowest BCUT2D eigenvalue weighted by atomic mass is 10.3. The molecular weight excluding hydrogens is 260 g/mol. The van der Waals surface area contributed by atoms with Gasteiger partial charge in [0.1, 0.15) is 5.82 Å². The molecule has 2 rings (SSSR count). The van der Waals surface area contributed by atoms with E-state index in [1.807, 2.05) is 13.0 Å². The molecule has 1 N–H and O–H groups in total. The van der Waals surface area contributed by atoms with Gasteiger partial charge in [-0.05, 0) is 6.92 Å². The number of aliphatic hydroxyl groups excluding tert-OH is 1. The lowest BCUT2D eigenvalue weighted by Gasteiger charge is -2.35. The molecule has 0 radical (unpaired) electrons. The van der Waals surface area contributed by atoms with Crippen LogP contribution in [-0.2, 0) is 4.74 Å². The summed E-state index contributed by atoms with van der Waals surface area (Å²) in [5.41, 5.74) is 0.744. The number of carbonyl (C=O) groups excluding carboxylic acids is 1. The Labute approximate surface area is 118 Å². The zero-order chi connectivity index (χ0) is 14.5. The van der Waals surface area contributed by atoms with Crippen LogP contribution in [0.25, 0.3) is 0 Å². The van der Waals surface area contributed by atoms with E-state index in [9.17, 15) is 4.79 Å². The monoisotopic (exact) mass is 280 g/mol. The standard InChI is InChI=1S/C13H20N4O3/c1-10-9-11(15-12(14-10)13(19)20-2)17-5-3-16(4-6-17)7-8-18/h9,18H,3-8H2,1-2H3. The summed E-state index contributed by atoms with van der Waals surface area (Å²) in [6, 6.07) is 1.87. The Balaban J connectivity index is 2.09. The van der Waals surface area contributed by atoms with Gasteiger partial charge >= 0.3 is 5.97 Å². The maximum absolute atomic E-state index is 11.5. The van der Waals surface area contributed by atoms with Gasteiger partial charge in [-0.25, -0.2) is 14.8 Å². The van der Waals surface area contributed by atoms with Crippen molar-refractivity contribution in [1.82, 2.24) is 14.9 Å². The summed E-state index contributed by atoms with van der Waals surface area (Å²) in [5.74, 6) is 0.329. The van der Waals surface area contributed by atoms with E-state index < -0.39 is 5.97 Å². The molecule has 110 valence electrons. The van der Waals surface area contributed by atoms with Gasteiger partial charge in [-0.3, -0.25) is 4.90 Å². The van der Waals surface area contributed by atoms with E-state index in [1.54, 1.807) is 0 Å². The van der Waals surface area contributed by atoms with E-state index >= 15 is 0 Å². The number of carbonyl (C=O) groups is 1. The molecule has 2 heterocycles. The smallest absolute Gasteiger partial charge is 0.376 e. The Bertz CT molecular complexity index is 473. The van der Waals surface area contributed by atoms with Gasteiger partial charge in [0.25, 0.3) is 0 Å². The van der Waals surface area contributed by atoms with Crippen LogP contribution in [0.15, 0.2) is 6.07 Å². The van der Waals surface area contributed by atoms with Gasteiger partial charge < -0.3 is 14.7 Å². The minimum Gasteiger partial charge on any atom is -0.463 e. The molecule has 20 heavy (non-hydrogen) atoms. The van der Waals surface area contributed by atoms with Gasteiger partial charge in [0, 0.05) is 44.5 Å². The molecule has 0 aromatic carbocycles. The van der Waals surface area contributed by atoms with Crippen molar-refractivity contribution in [1.29, 1.82) is 0 Å². The molecule has 1 saturated heterocycles. The van der Waals surface area contributed by atoms with Gasteiger partial charge in [0.2, 0.25) is 5.82 Å². The Morgan fingerprint density at radius 3 is 2.65 bits per heavy atom. The number of anilines is 1. The second-order valence-electron chi connectivity index (χ2n) is 4.74. The van der Waals surface area contributed by atoms with Crippen molar-refractivity contribution in [2.75, 3.05) is 51.3 Å². The van der Waals surface area contributed by atoms with Gasteiger partial charge in [-0.1, -0.05) is 0 Å². The molecule has 1 aliphatic heterocycles. The van der Waals surface area contributed by atoms with Crippen LogP contribution in [0.4, 0.5) is 5.82 Å². The third kappa shape index (κ3) is 3.43. The minimum atomic E-state index is -0.520. The highest BCUT2D eigenvalue weighted by molar-refractivity contribution is 5.85. The number of esters is 1. The summed E-state index contributed by atoms with van der Waals surface area (Å²) in [6.45, 7) is 6.09. The summed E-state index contributed by atoms with van der Waals surface area (Å²) >= 11 is 0. The van der Waals surface area contributed by atoms with E-state index in [-0.39, 0.29) is 12.4 Å². The Morgan fingerprint density at radius 2 is 2.05 bits per heavy atom. The molecule has 0 spiro atoms. The molecule has 0 saturated carbocycles. The molecule has 0 atom stereocenters. The van der Waals surface area contributed by atoms with Crippen LogP contribution in [0.5, 0.6) is 0 Å². The zero-order valence-electron chi connectivity index (χ0n) is 11.9. The van der Waals surface area contributed by atoms with E-state index in [0.717, 1.165) is 37.7 Å². The fourth-order valence-corrected chi connectivity index (χ4v) is 2.24. The number of methoxy groups -OCH3 is 1. The van der Waals surface area contributed by atoms with Gasteiger partial charge in [0.05, 0.1) is 13.7 Å². The summed E-state index contributed by atoms with van der Waals surface area (Å²) in [6.07, 6.45) is 0. The summed E-state index contributed by atoms with van der Waals surface area (Å²) in [4.78, 5) is 24.2. The number of piperazine rings is 1. The minimum absolute atomic E-state index is 0.0975. The number of hydrogen-bond donors (Lipinski definition) is 1. The normalized spacial score (nSPS) is 16.2. The maximum atomic E-state index is 11.5. The highest BCUT2D eigenvalue weighted by Gasteiger charge is 2.20. The van der Waals surface area contributed by atoms with Crippen LogP contribution in [0.1, 0.15) is 16.3 Å². The number of aliphatic hydroxyl groups is 1. The Kier molecular flexibility index (Phi) is 4.86. The number of aromatic nitrogens is 2. The highest BCUT2D eigenvalue weighted by Crippen LogP contribution is 2.15. The molecule has 1 aliphatic rings. The number of rotatable bonds is 4. The lowest BCUT2D eigenvalue weighted by molar-refractivity contribution is 0.0586. The van der Waals surface area contributed by atoms with Gasteiger partial charge in [-0.15, -0.1) is 0 Å². The first-order valence-corrected chi connectivity index (χ1v) is 6.66. The van der Waals surface area contributed by atoms with E-state index in [0.29, 0.717) is 6.54 Å². The first kappa shape index (κ1) is 14.7. The molecule has 0 aliphatic carbocycles. The average molecular weight is 280 g/mol. The fraction of sp³-hybridized carbons (Fsp3) is 0.615. The third-order valence-electron chi connectivity index (χ3n) is 3.32. The van der Waals surface area contributed by atoms with Crippen LogP contribution in [-0.4, -0.2) is 72.4 Å². The fourth-order valence-electron chi connectivity index (χ4n) is 2.24. The van der Waals surface area contributed by atoms with Crippen molar-refractivity contribution in [2.24, 2.45) is 0 Å². The largest absolute Gasteiger partial charge is 0.463 e. The molecule has 1 fully saturated rings. The average Bonchev–Trinajstić information content (AvgIpc) is 2.47. The molecule has 1 aromatic rings. The zero-order valence-corrected chi connectivity index (χ0v) is 11.9. The van der Waals surface area contributed by atoms with E-state index in [4.69, 9.17) is 5.11 Å². The molecular formula is C13H20N4O3. The van der Waals surface area contributed by atoms with Crippen molar-refractivity contribution in [3.63, 3.8) is 0 Å². The number of hydrogen-bond acceptors (Lipinski definition) is 7. The number of aryl methyl sites for hydroxylation is 1. The number of ether oxygens (including phenoxy) is 1. The summed E-state index contributed by atoms with van der Waals surface area (Å²) in [5, 5.41) is 8.94. The second-order valence-corrected chi connectivity index (χ2v) is 4.74. The SMILES string of the molecule is COC(=O)c1nc(C)cc(N2CCN(CCO)CC2)n1. The van der Waals surface area contributed by atoms with Crippen LogP contribution in [0.2, 0.25) is 0 Å². The Morgan fingerprint density at radius 1 is 1.35 bits per heavy atom. The van der Waals surface area contributed by atoms with Crippen molar-refractivity contribution in [3.8, 4) is 0 Å². The van der Waals surface area contributed by atoms with Crippen molar-refractivity contribution < 1.29 is 14.6 Å². The maximum Gasteiger partial charge on any atom is 0.376 e. The van der Waals surface area contributed by atoms with Gasteiger partial charge in [-0.2, -0.15) is 0 Å². The highest BCUT2D eigenvalue weighted by atomic mass is 16.5. The van der Waals surface area contributed by atoms with Crippen LogP contribution >= 0.6 is 0 Å². The predicted octanol–water partition coefficient (Wildman–Crippen LogP) is -0.314. The number of β-amino-alcohol motifs (C(OH)–C–C–N with tert-alkyl or cyclic N) is 1. The molecule has 7 heteroatoms. The summed E-state index contributed by atoms with van der Waals surface area (Å²) in [7, 11) is 1.32. The predicted molar refractivity (Wildman–Crippen MR) is 73.8 cm³/mol. The third-order valence-corrected chi connectivity index (χ3v) is 3.32. The quantitative estimate of drug-likeness (QED) is 0.758. The van der Waals surface area contributed by atoms with Crippen molar-refractivity contribution in [2.45, 2.75) is 6.92 Å². The van der Waals surface area contributed by atoms with Crippen LogP contribution in [0, 0.1) is 6.92 Å². The van der Waals surface area contributed by atoms with Crippen LogP contribution in [0.3, 0.4) is 0 Å². The molecule has 0 amide bonds. The Hall–Kier alpha value is -1.73. The summed E-state index contributed by atoms with van der Waals surface area (Å²) < 4.78 is 4.66. The second kappa shape index (κ2) is 6.62. The molecule has 7 nitrogen and oxygen atoms in total. The molecule has 0 unspecified atom stereocenters. The van der Waals surface area contributed by atoms with E-state index in [1.165, 1.54) is 7.11 Å². The van der Waals surface area contributed by atoms with Crippen molar-refractivity contribution in [3.05, 3.63) is 17.6 Å². The molecule has 0 bridgehead atoms. The van der Waals surface area contributed by atoms with Crippen LogP contribution < -0.4 is 4.90 Å². The van der Waals surface area contributed by atoms with E-state index in [2.05, 4.69) is 24.5 Å². The first-order chi connectivity index (χ1) is 9.63. The number of nitrogens with zero attached hydrogens (tertiary/aromatic N) is 4. The van der Waals surface area contributed by atoms with Gasteiger partial charge in [0.15, 0.2) is 0 Å². The van der Waals surface area contributed by atoms with Crippen molar-refractivity contribution >= 4 is 11.8 Å². The lowest BCUT2D eigenvalue weighted by Crippen LogP contribution is -2.47. The molecule has 1 aromatic heterocycles. The first-order valence-electron chi connectivity index (χ1n) is 6.66. The topological polar surface area (TPSA) is 78.8 Å².